The summed E-state index contributed by atoms with van der Waals surface area (Å²) in [5.41, 5.74) is 4.60. The number of rotatable bonds is 3. The number of nitrogens with zero attached hydrogens (tertiary/aromatic N) is 3. The van der Waals surface area contributed by atoms with E-state index in [0.717, 1.165) is 19.2 Å². The SMILES string of the molecule is CC(=O)O/N=C(/N)N=S(C)(=O)C(C)c1ccc(C(F)(F)F)nc1. The van der Waals surface area contributed by atoms with Crippen LogP contribution in [0.3, 0.4) is 0 Å². The molecule has 0 bridgehead atoms. The molecule has 23 heavy (non-hydrogen) atoms. The Kier molecular flexibility index (Phi) is 5.70. The lowest BCUT2D eigenvalue weighted by atomic mass is 10.2. The Labute approximate surface area is 130 Å². The zero-order valence-corrected chi connectivity index (χ0v) is 13.3. The van der Waals surface area contributed by atoms with E-state index in [9.17, 15) is 22.2 Å². The molecule has 0 aliphatic heterocycles. The average molecular weight is 352 g/mol. The molecule has 0 aromatic carbocycles. The van der Waals surface area contributed by atoms with Gasteiger partial charge in [-0.2, -0.15) is 17.5 Å². The molecule has 128 valence electrons. The van der Waals surface area contributed by atoms with Gasteiger partial charge in [-0.05, 0) is 23.7 Å². The molecular weight excluding hydrogens is 337 g/mol. The number of aromatic nitrogens is 1. The number of hydrogen-bond donors (Lipinski definition) is 1. The van der Waals surface area contributed by atoms with E-state index < -0.39 is 38.8 Å². The first-order valence-corrected chi connectivity index (χ1v) is 8.17. The number of carbonyl (C=O) groups is 1. The van der Waals surface area contributed by atoms with Gasteiger partial charge in [0.25, 0.3) is 5.96 Å². The topological polar surface area (TPSA) is 107 Å². The Balaban J connectivity index is 3.07. The van der Waals surface area contributed by atoms with Crippen molar-refractivity contribution in [1.82, 2.24) is 4.98 Å². The molecule has 0 saturated carbocycles. The maximum atomic E-state index is 12.5. The van der Waals surface area contributed by atoms with Gasteiger partial charge in [-0.3, -0.25) is 4.98 Å². The fraction of sp³-hybridized carbons (Fsp3) is 0.417. The monoisotopic (exact) mass is 352 g/mol. The summed E-state index contributed by atoms with van der Waals surface area (Å²) in [4.78, 5) is 18.1. The molecular formula is C12H15F3N4O3S. The van der Waals surface area contributed by atoms with Crippen LogP contribution in [0.15, 0.2) is 27.8 Å². The minimum Gasteiger partial charge on any atom is -0.365 e. The van der Waals surface area contributed by atoms with E-state index in [1.807, 2.05) is 0 Å². The van der Waals surface area contributed by atoms with Gasteiger partial charge in [0.15, 0.2) is 0 Å². The van der Waals surface area contributed by atoms with E-state index in [-0.39, 0.29) is 5.56 Å². The van der Waals surface area contributed by atoms with Crippen LogP contribution in [0.5, 0.6) is 0 Å². The normalized spacial score (nSPS) is 16.3. The van der Waals surface area contributed by atoms with Crippen molar-refractivity contribution in [2.24, 2.45) is 15.3 Å². The first-order chi connectivity index (χ1) is 10.4. The van der Waals surface area contributed by atoms with Crippen LogP contribution in [-0.2, 0) is 25.5 Å². The van der Waals surface area contributed by atoms with Gasteiger partial charge in [-0.25, -0.2) is 9.00 Å². The standard InChI is InChI=1S/C12H15F3N4O3S/c1-7(9-4-5-10(17-6-9)12(13,14)15)23(3,21)19-11(16)18-22-8(2)20/h4-7H,1-3H3,(H2,16,18). The van der Waals surface area contributed by atoms with Gasteiger partial charge in [0.1, 0.15) is 5.69 Å². The van der Waals surface area contributed by atoms with Crippen LogP contribution in [0.25, 0.3) is 0 Å². The Morgan fingerprint density at radius 2 is 2.04 bits per heavy atom. The van der Waals surface area contributed by atoms with Gasteiger partial charge >= 0.3 is 12.1 Å². The summed E-state index contributed by atoms with van der Waals surface area (Å²) in [6.07, 6.45) is -2.32. The maximum Gasteiger partial charge on any atom is 0.433 e. The zero-order valence-electron chi connectivity index (χ0n) is 12.5. The smallest absolute Gasteiger partial charge is 0.365 e. The van der Waals surface area contributed by atoms with Gasteiger partial charge in [0.2, 0.25) is 0 Å². The van der Waals surface area contributed by atoms with E-state index >= 15 is 0 Å². The third-order valence-electron chi connectivity index (χ3n) is 2.74. The molecule has 2 atom stereocenters. The molecule has 0 aliphatic rings. The van der Waals surface area contributed by atoms with E-state index in [0.29, 0.717) is 0 Å². The number of alkyl halides is 3. The van der Waals surface area contributed by atoms with Crippen molar-refractivity contribution in [1.29, 1.82) is 0 Å². The van der Waals surface area contributed by atoms with Gasteiger partial charge in [0.05, 0.1) is 15.0 Å². The minimum atomic E-state index is -4.55. The third-order valence-corrected chi connectivity index (χ3v) is 4.88. The van der Waals surface area contributed by atoms with Crippen molar-refractivity contribution in [3.05, 3.63) is 29.6 Å². The van der Waals surface area contributed by atoms with E-state index in [2.05, 4.69) is 19.3 Å². The number of carbonyl (C=O) groups excluding carboxylic acids is 1. The molecule has 1 aromatic rings. The zero-order chi connectivity index (χ0) is 17.8. The molecule has 2 N–H and O–H groups in total. The largest absolute Gasteiger partial charge is 0.433 e. The van der Waals surface area contributed by atoms with Gasteiger partial charge in [-0.1, -0.05) is 6.07 Å². The van der Waals surface area contributed by atoms with Crippen molar-refractivity contribution in [2.75, 3.05) is 6.26 Å². The van der Waals surface area contributed by atoms with Crippen LogP contribution in [-0.4, -0.2) is 27.4 Å². The summed E-state index contributed by atoms with van der Waals surface area (Å²) in [6.45, 7) is 2.59. The summed E-state index contributed by atoms with van der Waals surface area (Å²) in [7, 11) is -3.00. The second kappa shape index (κ2) is 6.94. The highest BCUT2D eigenvalue weighted by atomic mass is 32.2. The predicted molar refractivity (Wildman–Crippen MR) is 77.5 cm³/mol. The molecule has 0 saturated heterocycles. The molecule has 11 heteroatoms. The number of hydrogen-bond acceptors (Lipinski definition) is 5. The molecule has 0 fully saturated rings. The number of nitrogens with two attached hydrogens (primary N) is 1. The Morgan fingerprint density at radius 3 is 2.48 bits per heavy atom. The first kappa shape index (κ1) is 18.9. The Hall–Kier alpha value is -2.17. The van der Waals surface area contributed by atoms with Gasteiger partial charge < -0.3 is 10.6 Å². The van der Waals surface area contributed by atoms with Gasteiger partial charge in [-0.15, -0.1) is 0 Å². The molecule has 7 nitrogen and oxygen atoms in total. The highest BCUT2D eigenvalue weighted by Gasteiger charge is 2.32. The van der Waals surface area contributed by atoms with Crippen LogP contribution in [0, 0.1) is 0 Å². The first-order valence-electron chi connectivity index (χ1n) is 6.18. The Bertz CT molecular complexity index is 722. The van der Waals surface area contributed by atoms with Crippen molar-refractivity contribution >= 4 is 21.7 Å². The number of guanidine groups is 1. The van der Waals surface area contributed by atoms with Crippen molar-refractivity contribution in [2.45, 2.75) is 25.3 Å². The number of pyridine rings is 1. The van der Waals surface area contributed by atoms with E-state index in [1.54, 1.807) is 0 Å². The number of oxime groups is 1. The molecule has 1 rings (SSSR count). The molecule has 0 spiro atoms. The van der Waals surface area contributed by atoms with Crippen molar-refractivity contribution < 1.29 is 27.0 Å². The molecule has 0 radical (unpaired) electrons. The fourth-order valence-corrected chi connectivity index (χ4v) is 2.67. The van der Waals surface area contributed by atoms with Crippen LogP contribution < -0.4 is 5.73 Å². The lowest BCUT2D eigenvalue weighted by Crippen LogP contribution is -2.17. The minimum absolute atomic E-state index is 0.287. The summed E-state index contributed by atoms with van der Waals surface area (Å²) >= 11 is 0. The second-order valence-electron chi connectivity index (χ2n) is 4.60. The van der Waals surface area contributed by atoms with Crippen LogP contribution in [0.1, 0.15) is 30.4 Å². The average Bonchev–Trinajstić information content (AvgIpc) is 2.43. The van der Waals surface area contributed by atoms with Crippen LogP contribution >= 0.6 is 0 Å². The number of halogens is 3. The van der Waals surface area contributed by atoms with Crippen molar-refractivity contribution in [3.63, 3.8) is 0 Å². The molecule has 0 amide bonds. The second-order valence-corrected chi connectivity index (χ2v) is 7.21. The molecule has 0 aliphatic carbocycles. The quantitative estimate of drug-likeness (QED) is 0.388. The summed E-state index contributed by atoms with van der Waals surface area (Å²) in [6, 6.07) is 1.95. The summed E-state index contributed by atoms with van der Waals surface area (Å²) in [5, 5.41) is 2.39. The highest BCUT2D eigenvalue weighted by Crippen LogP contribution is 2.29. The van der Waals surface area contributed by atoms with Gasteiger partial charge in [0, 0.05) is 19.4 Å². The summed E-state index contributed by atoms with van der Waals surface area (Å²) in [5.74, 6) is -1.25. The maximum absolute atomic E-state index is 12.5. The molecule has 1 aromatic heterocycles. The van der Waals surface area contributed by atoms with Crippen molar-refractivity contribution in [3.8, 4) is 0 Å². The third kappa shape index (κ3) is 5.51. The van der Waals surface area contributed by atoms with E-state index in [1.165, 1.54) is 19.2 Å². The molecule has 1 heterocycles. The van der Waals surface area contributed by atoms with Crippen LogP contribution in [0.4, 0.5) is 13.2 Å². The predicted octanol–water partition coefficient (Wildman–Crippen LogP) is 2.05. The lowest BCUT2D eigenvalue weighted by Gasteiger charge is -2.14. The molecule has 2 unspecified atom stereocenters. The van der Waals surface area contributed by atoms with E-state index in [4.69, 9.17) is 5.73 Å². The summed E-state index contributed by atoms with van der Waals surface area (Å²) < 4.78 is 53.6. The Morgan fingerprint density at radius 1 is 1.43 bits per heavy atom. The fourth-order valence-electron chi connectivity index (χ4n) is 1.46. The highest BCUT2D eigenvalue weighted by molar-refractivity contribution is 7.93. The van der Waals surface area contributed by atoms with Crippen LogP contribution in [0.2, 0.25) is 0 Å². The lowest BCUT2D eigenvalue weighted by molar-refractivity contribution is -0.141.